The number of rotatable bonds is 6. The summed E-state index contributed by atoms with van der Waals surface area (Å²) in [6, 6.07) is 10.7. The van der Waals surface area contributed by atoms with E-state index >= 15 is 8.78 Å². The van der Waals surface area contributed by atoms with Gasteiger partial charge < -0.3 is 4.42 Å². The molecule has 1 aromatic heterocycles. The third kappa shape index (κ3) is 4.45. The largest absolute Gasteiger partial charge is 0.436 e. The number of benzene rings is 2. The van der Waals surface area contributed by atoms with E-state index in [0.29, 0.717) is 24.8 Å². The minimum Gasteiger partial charge on any atom is -0.391 e. The number of nitrogens with zero attached hydrogens (tertiary/aromatic N) is 3. The Morgan fingerprint density at radius 3 is 2.43 bits per heavy atom. The van der Waals surface area contributed by atoms with E-state index in [1.54, 1.807) is 45.0 Å². The first-order valence-corrected chi connectivity index (χ1v) is 13.1. The van der Waals surface area contributed by atoms with Crippen LogP contribution in [0.2, 0.25) is 0 Å². The second kappa shape index (κ2) is 9.31. The zero-order chi connectivity index (χ0) is 25.5. The van der Waals surface area contributed by atoms with Crippen molar-refractivity contribution in [3.05, 3.63) is 87.2 Å². The third-order valence-corrected chi connectivity index (χ3v) is 9.49. The monoisotopic (exact) mass is 505 g/mol. The van der Waals surface area contributed by atoms with Gasteiger partial charge in [-0.3, -0.25) is 0 Å². The molecule has 1 aliphatic rings. The van der Waals surface area contributed by atoms with Gasteiger partial charge in [-0.1, -0.05) is 37.3 Å². The molecule has 0 unspecified atom stereocenters. The Kier molecular flexibility index (Phi) is 6.72. The van der Waals surface area contributed by atoms with Crippen molar-refractivity contribution in [2.45, 2.75) is 63.3 Å². The van der Waals surface area contributed by atoms with Crippen molar-refractivity contribution in [2.24, 2.45) is 7.05 Å². The van der Waals surface area contributed by atoms with E-state index in [2.05, 4.69) is 5.10 Å². The fourth-order valence-corrected chi connectivity index (χ4v) is 6.87. The highest BCUT2D eigenvalue weighted by molar-refractivity contribution is 7.89. The van der Waals surface area contributed by atoms with Crippen LogP contribution < -0.4 is 5.76 Å². The Hall–Kier alpha value is -2.85. The highest BCUT2D eigenvalue weighted by atomic mass is 32.2. The average Bonchev–Trinajstić information content (AvgIpc) is 3.17. The summed E-state index contributed by atoms with van der Waals surface area (Å²) in [5.41, 5.74) is -0.578. The van der Waals surface area contributed by atoms with Gasteiger partial charge in [0.15, 0.2) is 0 Å². The van der Waals surface area contributed by atoms with E-state index in [4.69, 9.17) is 4.42 Å². The predicted octanol–water partition coefficient (Wildman–Crippen LogP) is 4.42. The Balaban J connectivity index is 1.70. The third-order valence-electron chi connectivity index (χ3n) is 7.12. The zero-order valence-electron chi connectivity index (χ0n) is 20.2. The predicted molar refractivity (Wildman–Crippen MR) is 127 cm³/mol. The molecule has 7 nitrogen and oxygen atoms in total. The Bertz CT molecular complexity index is 1390. The van der Waals surface area contributed by atoms with E-state index in [9.17, 15) is 13.2 Å². The van der Waals surface area contributed by atoms with Gasteiger partial charge in [0, 0.05) is 30.8 Å². The van der Waals surface area contributed by atoms with Crippen molar-refractivity contribution in [2.75, 3.05) is 0 Å². The zero-order valence-corrected chi connectivity index (χ0v) is 21.0. The Labute approximate surface area is 203 Å². The Morgan fingerprint density at radius 1 is 1.14 bits per heavy atom. The lowest BCUT2D eigenvalue weighted by Crippen LogP contribution is -2.44. The van der Waals surface area contributed by atoms with Crippen LogP contribution in [0.4, 0.5) is 8.78 Å². The summed E-state index contributed by atoms with van der Waals surface area (Å²) >= 11 is 0. The van der Waals surface area contributed by atoms with Crippen LogP contribution in [0, 0.1) is 11.6 Å². The molecule has 4 rings (SSSR count). The van der Waals surface area contributed by atoms with Gasteiger partial charge in [0.1, 0.15) is 16.9 Å². The molecule has 1 aliphatic heterocycles. The van der Waals surface area contributed by atoms with E-state index in [1.807, 2.05) is 6.07 Å². The van der Waals surface area contributed by atoms with Crippen LogP contribution in [0.5, 0.6) is 0 Å². The first-order valence-electron chi connectivity index (χ1n) is 11.6. The van der Waals surface area contributed by atoms with Gasteiger partial charge in [0.2, 0.25) is 15.9 Å². The molecule has 0 saturated carbocycles. The second-order valence-corrected chi connectivity index (χ2v) is 11.4. The van der Waals surface area contributed by atoms with Gasteiger partial charge in [-0.05, 0) is 50.8 Å². The molecule has 35 heavy (non-hydrogen) atoms. The molecular formula is C25H29F2N3O4S. The molecule has 1 saturated heterocycles. The topological polar surface area (TPSA) is 85.4 Å². The fraction of sp³-hybridized carbons (Fsp3) is 0.440. The van der Waals surface area contributed by atoms with Crippen LogP contribution in [0.1, 0.15) is 67.9 Å². The number of aryl methyl sites for hydroxylation is 1. The maximum absolute atomic E-state index is 15.4. The summed E-state index contributed by atoms with van der Waals surface area (Å²) in [6.07, 6.45) is 1.36. The molecule has 0 bridgehead atoms. The van der Waals surface area contributed by atoms with Crippen LogP contribution in [0.3, 0.4) is 0 Å². The second-order valence-electron chi connectivity index (χ2n) is 9.32. The molecule has 1 fully saturated rings. The molecule has 10 heteroatoms. The summed E-state index contributed by atoms with van der Waals surface area (Å²) in [5, 5.41) is 3.31. The smallest absolute Gasteiger partial charge is 0.391 e. The first kappa shape index (κ1) is 25.2. The molecule has 0 amide bonds. The van der Waals surface area contributed by atoms with Crippen LogP contribution >= 0.6 is 0 Å². The number of hydrogen-bond acceptors (Lipinski definition) is 5. The minimum atomic E-state index is -3.80. The van der Waals surface area contributed by atoms with Crippen molar-refractivity contribution in [1.29, 1.82) is 0 Å². The summed E-state index contributed by atoms with van der Waals surface area (Å²) in [7, 11) is -2.39. The lowest BCUT2D eigenvalue weighted by molar-refractivity contribution is 0.278. The van der Waals surface area contributed by atoms with E-state index in [-0.39, 0.29) is 29.6 Å². The van der Waals surface area contributed by atoms with Crippen LogP contribution in [0.15, 0.2) is 51.7 Å². The van der Waals surface area contributed by atoms with E-state index in [1.165, 1.54) is 11.4 Å². The number of hydrogen-bond donors (Lipinski definition) is 0. The van der Waals surface area contributed by atoms with Crippen molar-refractivity contribution in [1.82, 2.24) is 14.1 Å². The van der Waals surface area contributed by atoms with Gasteiger partial charge in [-0.25, -0.2) is 22.0 Å². The van der Waals surface area contributed by atoms with Gasteiger partial charge >= 0.3 is 5.76 Å². The fourth-order valence-electron chi connectivity index (χ4n) is 4.68. The summed E-state index contributed by atoms with van der Waals surface area (Å²) < 4.78 is 65.1. The van der Waals surface area contributed by atoms with Gasteiger partial charge in [0.25, 0.3) is 0 Å². The van der Waals surface area contributed by atoms with E-state index < -0.39 is 38.1 Å². The summed E-state index contributed by atoms with van der Waals surface area (Å²) in [4.78, 5) is 11.8. The lowest BCUT2D eigenvalue weighted by atomic mass is 9.79. The van der Waals surface area contributed by atoms with Crippen LogP contribution in [-0.4, -0.2) is 28.5 Å². The standard InChI is InChI=1S/C25H29F2N3O4S/c1-5-25(3,23-28-29(4)24(31)34-23)19-14-20(26)18(13-21(19)27)15-30-16(2)11-12-22(35(30,32)33)17-9-7-6-8-10-17/h6-10,13-14,16,22H,5,11-12,15H2,1-4H3/t16-,22+,25-/m0/s1. The number of halogens is 2. The summed E-state index contributed by atoms with van der Waals surface area (Å²) in [6.45, 7) is 4.87. The molecule has 0 aliphatic carbocycles. The summed E-state index contributed by atoms with van der Waals surface area (Å²) in [5.74, 6) is -2.17. The van der Waals surface area contributed by atoms with Gasteiger partial charge in [-0.15, -0.1) is 5.10 Å². The molecule has 3 aromatic rings. The van der Waals surface area contributed by atoms with Crippen molar-refractivity contribution in [3.8, 4) is 0 Å². The van der Waals surface area contributed by atoms with Gasteiger partial charge in [0.05, 0.1) is 5.41 Å². The molecule has 0 spiro atoms. The molecule has 0 N–H and O–H groups in total. The SMILES string of the molecule is CC[C@](C)(c1nn(C)c(=O)o1)c1cc(F)c(CN2[C@@H](C)CC[C@H](c3ccccc3)S2(=O)=O)cc1F. The minimum absolute atomic E-state index is 0.0141. The van der Waals surface area contributed by atoms with Crippen molar-refractivity contribution in [3.63, 3.8) is 0 Å². The van der Waals surface area contributed by atoms with Crippen LogP contribution in [0.25, 0.3) is 0 Å². The number of aromatic nitrogens is 2. The maximum atomic E-state index is 15.4. The lowest BCUT2D eigenvalue weighted by Gasteiger charge is -2.37. The molecule has 2 heterocycles. The molecule has 2 aromatic carbocycles. The van der Waals surface area contributed by atoms with Crippen molar-refractivity contribution < 1.29 is 21.6 Å². The quantitative estimate of drug-likeness (QED) is 0.495. The molecular weight excluding hydrogens is 476 g/mol. The molecule has 188 valence electrons. The molecule has 3 atom stereocenters. The van der Waals surface area contributed by atoms with E-state index in [0.717, 1.165) is 16.8 Å². The normalized spacial score (nSPS) is 22.1. The van der Waals surface area contributed by atoms with Gasteiger partial charge in [-0.2, -0.15) is 8.99 Å². The maximum Gasteiger partial charge on any atom is 0.436 e. The highest BCUT2D eigenvalue weighted by Gasteiger charge is 2.41. The van der Waals surface area contributed by atoms with Crippen molar-refractivity contribution >= 4 is 10.0 Å². The molecule has 0 radical (unpaired) electrons. The average molecular weight is 506 g/mol. The first-order chi connectivity index (χ1) is 16.5. The number of sulfonamides is 1. The van der Waals surface area contributed by atoms with Crippen LogP contribution in [-0.2, 0) is 29.0 Å². The Morgan fingerprint density at radius 2 is 1.83 bits per heavy atom. The highest BCUT2D eigenvalue weighted by Crippen LogP contribution is 2.40.